The molecule has 20 heavy (non-hydrogen) atoms. The van der Waals surface area contributed by atoms with Crippen LogP contribution in [-0.2, 0) is 4.79 Å². The lowest BCUT2D eigenvalue weighted by molar-refractivity contribution is -0.114. The second-order valence-electron chi connectivity index (χ2n) is 4.01. The Morgan fingerprint density at radius 1 is 1.10 bits per heavy atom. The number of halogens is 3. The fraction of sp³-hybridized carbons (Fsp3) is 0.0714. The standard InChI is InChI=1S/C14H11Cl2FN2O/c15-9-5-6-10(16)13(7-9)18-8-14(20)19-12-4-2-1-3-11(12)17/h1-7,18H,8H2,(H,19,20). The summed E-state index contributed by atoms with van der Waals surface area (Å²) in [4.78, 5) is 11.7. The van der Waals surface area contributed by atoms with Gasteiger partial charge in [-0.3, -0.25) is 4.79 Å². The molecule has 2 aromatic rings. The molecule has 104 valence electrons. The van der Waals surface area contributed by atoms with Crippen molar-refractivity contribution < 1.29 is 9.18 Å². The van der Waals surface area contributed by atoms with Gasteiger partial charge in [-0.1, -0.05) is 35.3 Å². The van der Waals surface area contributed by atoms with Gasteiger partial charge in [0.15, 0.2) is 0 Å². The first-order chi connectivity index (χ1) is 9.56. The molecule has 0 radical (unpaired) electrons. The fourth-order valence-corrected chi connectivity index (χ4v) is 1.92. The van der Waals surface area contributed by atoms with Gasteiger partial charge in [0, 0.05) is 5.02 Å². The molecule has 0 saturated heterocycles. The van der Waals surface area contributed by atoms with E-state index in [1.807, 2.05) is 0 Å². The Bertz CT molecular complexity index is 634. The van der Waals surface area contributed by atoms with Crippen LogP contribution in [0.3, 0.4) is 0 Å². The van der Waals surface area contributed by atoms with Gasteiger partial charge in [-0.2, -0.15) is 0 Å². The first-order valence-corrected chi connectivity index (χ1v) is 6.55. The van der Waals surface area contributed by atoms with Crippen LogP contribution in [0.1, 0.15) is 0 Å². The van der Waals surface area contributed by atoms with Crippen molar-refractivity contribution in [2.45, 2.75) is 0 Å². The van der Waals surface area contributed by atoms with E-state index in [9.17, 15) is 9.18 Å². The lowest BCUT2D eigenvalue weighted by Crippen LogP contribution is -2.22. The summed E-state index contributed by atoms with van der Waals surface area (Å²) >= 11 is 11.8. The van der Waals surface area contributed by atoms with Crippen LogP contribution in [0.5, 0.6) is 0 Å². The van der Waals surface area contributed by atoms with Crippen molar-refractivity contribution in [2.24, 2.45) is 0 Å². The summed E-state index contributed by atoms with van der Waals surface area (Å²) in [6.45, 7) is -0.0472. The van der Waals surface area contributed by atoms with Crippen LogP contribution in [0, 0.1) is 5.82 Å². The van der Waals surface area contributed by atoms with Crippen molar-refractivity contribution in [2.75, 3.05) is 17.2 Å². The average molecular weight is 313 g/mol. The summed E-state index contributed by atoms with van der Waals surface area (Å²) in [7, 11) is 0. The van der Waals surface area contributed by atoms with Crippen molar-refractivity contribution >= 4 is 40.5 Å². The molecule has 2 rings (SSSR count). The van der Waals surface area contributed by atoms with Crippen molar-refractivity contribution in [3.8, 4) is 0 Å². The minimum absolute atomic E-state index is 0.0472. The Hall–Kier alpha value is -1.78. The second-order valence-corrected chi connectivity index (χ2v) is 4.85. The van der Waals surface area contributed by atoms with Crippen molar-refractivity contribution in [3.05, 3.63) is 58.3 Å². The van der Waals surface area contributed by atoms with E-state index in [-0.39, 0.29) is 18.1 Å². The van der Waals surface area contributed by atoms with Crippen molar-refractivity contribution in [3.63, 3.8) is 0 Å². The van der Waals surface area contributed by atoms with E-state index in [1.54, 1.807) is 30.3 Å². The summed E-state index contributed by atoms with van der Waals surface area (Å²) in [6.07, 6.45) is 0. The molecule has 2 N–H and O–H groups in total. The molecule has 0 aromatic heterocycles. The first-order valence-electron chi connectivity index (χ1n) is 5.79. The normalized spacial score (nSPS) is 10.2. The van der Waals surface area contributed by atoms with E-state index in [0.717, 1.165) is 0 Å². The second kappa shape index (κ2) is 6.59. The lowest BCUT2D eigenvalue weighted by atomic mass is 10.3. The van der Waals surface area contributed by atoms with Crippen LogP contribution in [0.2, 0.25) is 10.0 Å². The molecule has 0 unspecified atom stereocenters. The summed E-state index contributed by atoms with van der Waals surface area (Å²) in [5.74, 6) is -0.868. The molecular weight excluding hydrogens is 302 g/mol. The molecule has 6 heteroatoms. The number of amides is 1. The number of hydrogen-bond acceptors (Lipinski definition) is 2. The van der Waals surface area contributed by atoms with Crippen molar-refractivity contribution in [1.29, 1.82) is 0 Å². The van der Waals surface area contributed by atoms with Gasteiger partial charge in [0.2, 0.25) is 5.91 Å². The van der Waals surface area contributed by atoms with Crippen LogP contribution >= 0.6 is 23.2 Å². The average Bonchev–Trinajstić information content (AvgIpc) is 2.42. The molecular formula is C14H11Cl2FN2O. The fourth-order valence-electron chi connectivity index (χ4n) is 1.57. The predicted octanol–water partition coefficient (Wildman–Crippen LogP) is 4.18. The molecule has 0 aliphatic heterocycles. The topological polar surface area (TPSA) is 41.1 Å². The van der Waals surface area contributed by atoms with Gasteiger partial charge in [-0.15, -0.1) is 0 Å². The zero-order valence-corrected chi connectivity index (χ0v) is 11.8. The third-order valence-corrected chi connectivity index (χ3v) is 3.08. The van der Waals surface area contributed by atoms with Crippen LogP contribution < -0.4 is 10.6 Å². The van der Waals surface area contributed by atoms with E-state index >= 15 is 0 Å². The summed E-state index contributed by atoms with van der Waals surface area (Å²) < 4.78 is 13.4. The molecule has 2 aromatic carbocycles. The maximum atomic E-state index is 13.4. The van der Waals surface area contributed by atoms with E-state index in [0.29, 0.717) is 15.7 Å². The van der Waals surface area contributed by atoms with E-state index in [1.165, 1.54) is 12.1 Å². The number of anilines is 2. The summed E-state index contributed by atoms with van der Waals surface area (Å²) in [5, 5.41) is 6.26. The Morgan fingerprint density at radius 2 is 1.85 bits per heavy atom. The Morgan fingerprint density at radius 3 is 2.60 bits per heavy atom. The van der Waals surface area contributed by atoms with Crippen molar-refractivity contribution in [1.82, 2.24) is 0 Å². The zero-order chi connectivity index (χ0) is 14.5. The molecule has 0 heterocycles. The highest BCUT2D eigenvalue weighted by molar-refractivity contribution is 6.35. The first kappa shape index (κ1) is 14.6. The lowest BCUT2D eigenvalue weighted by Gasteiger charge is -2.10. The number of benzene rings is 2. The smallest absolute Gasteiger partial charge is 0.243 e. The van der Waals surface area contributed by atoms with Gasteiger partial charge in [-0.05, 0) is 30.3 Å². The van der Waals surface area contributed by atoms with E-state index < -0.39 is 5.82 Å². The molecule has 0 spiro atoms. The van der Waals surface area contributed by atoms with Gasteiger partial charge in [0.25, 0.3) is 0 Å². The highest BCUT2D eigenvalue weighted by Gasteiger charge is 2.07. The van der Waals surface area contributed by atoms with Crippen LogP contribution in [-0.4, -0.2) is 12.5 Å². The summed E-state index contributed by atoms with van der Waals surface area (Å²) in [5.41, 5.74) is 0.680. The van der Waals surface area contributed by atoms with Gasteiger partial charge in [-0.25, -0.2) is 4.39 Å². The van der Waals surface area contributed by atoms with Gasteiger partial charge in [0.1, 0.15) is 5.82 Å². The zero-order valence-electron chi connectivity index (χ0n) is 10.3. The molecule has 3 nitrogen and oxygen atoms in total. The molecule has 1 amide bonds. The number of rotatable bonds is 4. The number of para-hydroxylation sites is 1. The maximum absolute atomic E-state index is 13.4. The molecule has 0 fully saturated rings. The summed E-state index contributed by atoms with van der Waals surface area (Å²) in [6, 6.07) is 10.8. The largest absolute Gasteiger partial charge is 0.375 e. The van der Waals surface area contributed by atoms with Gasteiger partial charge < -0.3 is 10.6 Å². The van der Waals surface area contributed by atoms with Crippen LogP contribution in [0.4, 0.5) is 15.8 Å². The highest BCUT2D eigenvalue weighted by atomic mass is 35.5. The number of hydrogen-bond donors (Lipinski definition) is 2. The minimum atomic E-state index is -0.485. The third-order valence-electron chi connectivity index (χ3n) is 2.52. The molecule has 0 aliphatic carbocycles. The molecule has 0 atom stereocenters. The van der Waals surface area contributed by atoms with E-state index in [2.05, 4.69) is 10.6 Å². The monoisotopic (exact) mass is 312 g/mol. The number of nitrogens with one attached hydrogen (secondary N) is 2. The predicted molar refractivity (Wildman–Crippen MR) is 80.0 cm³/mol. The van der Waals surface area contributed by atoms with Crippen LogP contribution in [0.25, 0.3) is 0 Å². The molecule has 0 bridgehead atoms. The van der Waals surface area contributed by atoms with Gasteiger partial charge >= 0.3 is 0 Å². The third kappa shape index (κ3) is 3.85. The highest BCUT2D eigenvalue weighted by Crippen LogP contribution is 2.25. The Balaban J connectivity index is 1.96. The Kier molecular flexibility index (Phi) is 4.82. The minimum Gasteiger partial charge on any atom is -0.375 e. The molecule has 0 saturated carbocycles. The van der Waals surface area contributed by atoms with E-state index in [4.69, 9.17) is 23.2 Å². The van der Waals surface area contributed by atoms with Crippen LogP contribution in [0.15, 0.2) is 42.5 Å². The number of carbonyl (C=O) groups excluding carboxylic acids is 1. The Labute approximate surface area is 125 Å². The molecule has 0 aliphatic rings. The van der Waals surface area contributed by atoms with Gasteiger partial charge in [0.05, 0.1) is 22.9 Å². The number of carbonyl (C=O) groups is 1. The SMILES string of the molecule is O=C(CNc1cc(Cl)ccc1Cl)Nc1ccccc1F. The maximum Gasteiger partial charge on any atom is 0.243 e. The quantitative estimate of drug-likeness (QED) is 0.889.